The summed E-state index contributed by atoms with van der Waals surface area (Å²) < 4.78 is 2.48. The van der Waals surface area contributed by atoms with E-state index in [0.29, 0.717) is 0 Å². The van der Waals surface area contributed by atoms with Gasteiger partial charge < -0.3 is 14.4 Å². The van der Waals surface area contributed by atoms with Gasteiger partial charge in [-0.05, 0) is 254 Å². The van der Waals surface area contributed by atoms with Gasteiger partial charge in [0.25, 0.3) is 0 Å². The minimum Gasteiger partial charge on any atom is -0.309 e. The average Bonchev–Trinajstić information content (AvgIpc) is 1.30. The van der Waals surface area contributed by atoms with Crippen LogP contribution in [0.1, 0.15) is 99.9 Å². The Kier molecular flexibility index (Phi) is 12.5. The lowest BCUT2D eigenvalue weighted by Gasteiger charge is -2.50. The second-order valence-electron chi connectivity index (χ2n) is 30.9. The molecule has 0 N–H and O–H groups in total. The van der Waals surface area contributed by atoms with Crippen molar-refractivity contribution in [3.05, 3.63) is 354 Å². The summed E-state index contributed by atoms with van der Waals surface area (Å²) >= 11 is 0. The maximum absolute atomic E-state index is 2.62. The van der Waals surface area contributed by atoms with E-state index in [9.17, 15) is 0 Å². The molecular formula is C98H75N3. The Hall–Kier alpha value is -11.8. The van der Waals surface area contributed by atoms with E-state index in [1.165, 1.54) is 189 Å². The van der Waals surface area contributed by atoms with Gasteiger partial charge in [-0.25, -0.2) is 0 Å². The largest absolute Gasteiger partial charge is 0.309 e. The molecule has 20 rings (SSSR count). The molecule has 3 nitrogen and oxygen atoms in total. The van der Waals surface area contributed by atoms with Gasteiger partial charge in [0, 0.05) is 38.1 Å². The number of hydrogen-bond donors (Lipinski definition) is 0. The van der Waals surface area contributed by atoms with Crippen LogP contribution in [0.4, 0.5) is 34.1 Å². The number of fused-ring (bicyclic) bond motifs is 13. The van der Waals surface area contributed by atoms with E-state index in [4.69, 9.17) is 0 Å². The second kappa shape index (κ2) is 21.4. The maximum Gasteiger partial charge on any atom is 0.0544 e. The lowest BCUT2D eigenvalue weighted by atomic mass is 9.65. The van der Waals surface area contributed by atoms with E-state index in [0.717, 1.165) is 5.69 Å². The fraction of sp³-hybridized carbons (Fsp3) is 0.122. The van der Waals surface area contributed by atoms with Crippen LogP contribution in [0.2, 0.25) is 0 Å². The highest BCUT2D eigenvalue weighted by molar-refractivity contribution is 6.12. The van der Waals surface area contributed by atoms with Crippen molar-refractivity contribution in [1.82, 2.24) is 4.57 Å². The Morgan fingerprint density at radius 2 is 0.465 bits per heavy atom. The molecule has 0 amide bonds. The molecule has 5 heterocycles. The van der Waals surface area contributed by atoms with Gasteiger partial charge in [-0.2, -0.15) is 0 Å². The van der Waals surface area contributed by atoms with Crippen molar-refractivity contribution in [3.8, 4) is 72.4 Å². The highest BCUT2D eigenvalue weighted by Crippen LogP contribution is 2.64. The van der Waals surface area contributed by atoms with Gasteiger partial charge in [0.2, 0.25) is 0 Å². The van der Waals surface area contributed by atoms with Gasteiger partial charge in [-0.3, -0.25) is 0 Å². The Morgan fingerprint density at radius 3 is 0.822 bits per heavy atom. The van der Waals surface area contributed by atoms with Gasteiger partial charge in [0.1, 0.15) is 0 Å². The molecule has 482 valence electrons. The Bertz CT molecular complexity index is 5910. The summed E-state index contributed by atoms with van der Waals surface area (Å²) in [5.74, 6) is 0. The van der Waals surface area contributed by atoms with Crippen LogP contribution in [0.3, 0.4) is 0 Å². The van der Waals surface area contributed by atoms with Crippen molar-refractivity contribution in [1.29, 1.82) is 0 Å². The molecule has 101 heavy (non-hydrogen) atoms. The molecule has 4 aliphatic rings. The zero-order valence-corrected chi connectivity index (χ0v) is 58.3. The molecule has 15 aromatic carbocycles. The molecule has 0 atom stereocenters. The molecule has 0 radical (unpaired) electrons. The molecule has 0 aliphatic carbocycles. The molecule has 0 fully saturated rings. The van der Waals surface area contributed by atoms with Crippen molar-refractivity contribution in [3.63, 3.8) is 0 Å². The fourth-order valence-electron chi connectivity index (χ4n) is 18.2. The molecule has 16 aromatic rings. The van der Waals surface area contributed by atoms with Crippen molar-refractivity contribution in [2.24, 2.45) is 0 Å². The van der Waals surface area contributed by atoms with E-state index in [1.54, 1.807) is 0 Å². The standard InChI is InChI=1S/C98H75N3/c1-95(2)79-52-70(60-22-12-9-13-23-60)38-44-89(79)100-90-45-39-71(61-24-14-10-15-25-61)53-80(90)96(3,4)84-57-74(56-83(95)93(84)100)68-36-42-87-77(50-68)78-51-69(37-43-88(78)99(87)76-30-16-11-17-31-76)75-58-85-94-86(59-75)98(7,8)82-55-73(67-35-33-63-27-19-21-29-65(63)49-67)41-47-92(82)101(94)91-46-40-72(54-81(91)97(85,5)6)66-34-32-62-26-18-20-28-64(62)48-66/h9-59H,1-8H3. The van der Waals surface area contributed by atoms with Gasteiger partial charge in [0.15, 0.2) is 0 Å². The first-order valence-electron chi connectivity index (χ1n) is 35.9. The molecule has 0 bridgehead atoms. The van der Waals surface area contributed by atoms with E-state index in [2.05, 4.69) is 379 Å². The predicted molar refractivity (Wildman–Crippen MR) is 426 cm³/mol. The molecule has 0 saturated heterocycles. The number of aromatic nitrogens is 1. The molecule has 0 unspecified atom stereocenters. The number of anilines is 6. The Labute approximate surface area is 591 Å². The number of hydrogen-bond acceptors (Lipinski definition) is 2. The third kappa shape index (κ3) is 8.72. The molecular weight excluding hydrogens is 1220 g/mol. The average molecular weight is 1290 g/mol. The summed E-state index contributed by atoms with van der Waals surface area (Å²) in [5, 5.41) is 7.44. The van der Waals surface area contributed by atoms with Crippen LogP contribution >= 0.6 is 0 Å². The van der Waals surface area contributed by atoms with Gasteiger partial charge in [0.05, 0.1) is 45.2 Å². The molecule has 3 heteroatoms. The van der Waals surface area contributed by atoms with Gasteiger partial charge >= 0.3 is 0 Å². The molecule has 0 spiro atoms. The first-order chi connectivity index (χ1) is 49.1. The van der Waals surface area contributed by atoms with Gasteiger partial charge in [-0.15, -0.1) is 0 Å². The highest BCUT2D eigenvalue weighted by Gasteiger charge is 2.48. The van der Waals surface area contributed by atoms with Crippen LogP contribution in [0.25, 0.3) is 116 Å². The summed E-state index contributed by atoms with van der Waals surface area (Å²) in [6.07, 6.45) is 0. The molecule has 0 saturated carbocycles. The first kappa shape index (κ1) is 59.3. The predicted octanol–water partition coefficient (Wildman–Crippen LogP) is 26.6. The minimum atomic E-state index is -0.382. The van der Waals surface area contributed by atoms with Gasteiger partial charge in [-0.1, -0.05) is 243 Å². The fourth-order valence-corrected chi connectivity index (χ4v) is 18.2. The Morgan fingerprint density at radius 1 is 0.198 bits per heavy atom. The molecule has 1 aromatic heterocycles. The quantitative estimate of drug-likeness (QED) is 0.158. The molecule has 4 aliphatic heterocycles. The topological polar surface area (TPSA) is 11.4 Å². The number of benzene rings is 15. The first-order valence-corrected chi connectivity index (χ1v) is 35.9. The van der Waals surface area contributed by atoms with E-state index in [-0.39, 0.29) is 21.7 Å². The second-order valence-corrected chi connectivity index (χ2v) is 30.9. The third-order valence-electron chi connectivity index (χ3n) is 23.8. The number of nitrogens with zero attached hydrogens (tertiary/aromatic N) is 3. The summed E-state index contributed by atoms with van der Waals surface area (Å²) in [5.41, 5.74) is 34.8. The van der Waals surface area contributed by atoms with Crippen molar-refractivity contribution in [2.75, 3.05) is 9.80 Å². The monoisotopic (exact) mass is 1290 g/mol. The number of para-hydroxylation sites is 1. The maximum atomic E-state index is 2.62. The number of rotatable bonds is 7. The summed E-state index contributed by atoms with van der Waals surface area (Å²) in [7, 11) is 0. The van der Waals surface area contributed by atoms with Crippen molar-refractivity contribution < 1.29 is 0 Å². The van der Waals surface area contributed by atoms with Crippen LogP contribution in [0.5, 0.6) is 0 Å². The van der Waals surface area contributed by atoms with E-state index >= 15 is 0 Å². The van der Waals surface area contributed by atoms with Crippen LogP contribution < -0.4 is 9.80 Å². The summed E-state index contributed by atoms with van der Waals surface area (Å²) in [6.45, 7) is 19.7. The summed E-state index contributed by atoms with van der Waals surface area (Å²) in [4.78, 5) is 5.23. The van der Waals surface area contributed by atoms with Crippen LogP contribution in [0, 0.1) is 0 Å². The van der Waals surface area contributed by atoms with Crippen molar-refractivity contribution >= 4 is 77.5 Å². The zero-order chi connectivity index (χ0) is 68.0. The van der Waals surface area contributed by atoms with E-state index in [1.807, 2.05) is 0 Å². The minimum absolute atomic E-state index is 0.353. The smallest absolute Gasteiger partial charge is 0.0544 e. The van der Waals surface area contributed by atoms with Crippen LogP contribution in [-0.4, -0.2) is 4.57 Å². The SMILES string of the molecule is CC1(C)c2cc(-c3ccccc3)ccc2N2c3ccc(-c4ccccc4)cc3C(C)(C)c3cc(-c4ccc5c(c4)c4cc(-c6cc7c8c(c6)C(C)(C)c6cc(-c9ccc%10ccccc%10c9)ccc6N8c6ccc(-c8ccc9ccccc9c8)cc6C7(C)C)ccc4n5-c4ccccc4)cc1c32. The lowest BCUT2D eigenvalue weighted by molar-refractivity contribution is 0.597. The van der Waals surface area contributed by atoms with Crippen molar-refractivity contribution in [2.45, 2.75) is 77.0 Å². The van der Waals surface area contributed by atoms with Crippen LogP contribution in [-0.2, 0) is 21.7 Å². The summed E-state index contributed by atoms with van der Waals surface area (Å²) in [6, 6.07) is 118. The lowest BCUT2D eigenvalue weighted by Crippen LogP contribution is -2.38. The van der Waals surface area contributed by atoms with E-state index < -0.39 is 0 Å². The zero-order valence-electron chi connectivity index (χ0n) is 58.3. The third-order valence-corrected chi connectivity index (χ3v) is 23.8. The normalized spacial score (nSPS) is 15.2. The highest BCUT2D eigenvalue weighted by atomic mass is 15.2. The Balaban J connectivity index is 0.785. The van der Waals surface area contributed by atoms with Crippen LogP contribution in [0.15, 0.2) is 309 Å².